The van der Waals surface area contributed by atoms with Gasteiger partial charge in [0.2, 0.25) is 0 Å². The number of rotatable bonds is 9. The molecule has 2 aromatic carbocycles. The Bertz CT molecular complexity index is 716. The van der Waals surface area contributed by atoms with Gasteiger partial charge in [-0.15, -0.1) is 0 Å². The highest BCUT2D eigenvalue weighted by atomic mass is 19.1. The summed E-state index contributed by atoms with van der Waals surface area (Å²) in [7, 11) is 0. The third-order valence-corrected chi connectivity index (χ3v) is 3.25. The van der Waals surface area contributed by atoms with E-state index in [1.165, 1.54) is 24.3 Å². The molecule has 0 heterocycles. The molecule has 7 heteroatoms. The van der Waals surface area contributed by atoms with Gasteiger partial charge in [0.05, 0.1) is 6.61 Å². The fourth-order valence-electron chi connectivity index (χ4n) is 2.02. The third kappa shape index (κ3) is 6.43. The van der Waals surface area contributed by atoms with Crippen molar-refractivity contribution in [1.29, 1.82) is 0 Å². The molecule has 0 radical (unpaired) electrons. The summed E-state index contributed by atoms with van der Waals surface area (Å²) >= 11 is 0. The van der Waals surface area contributed by atoms with E-state index in [1.54, 1.807) is 24.3 Å². The normalized spacial score (nSPS) is 10.1. The van der Waals surface area contributed by atoms with Gasteiger partial charge in [-0.2, -0.15) is 0 Å². The number of esters is 1. The number of carbonyl (C=O) groups is 2. The van der Waals surface area contributed by atoms with Crippen LogP contribution in [0.25, 0.3) is 0 Å². The van der Waals surface area contributed by atoms with Gasteiger partial charge in [-0.05, 0) is 55.5 Å². The van der Waals surface area contributed by atoms with E-state index < -0.39 is 5.97 Å². The smallest absolute Gasteiger partial charge is 0.325 e. The molecule has 0 aliphatic rings. The van der Waals surface area contributed by atoms with Crippen LogP contribution in [0.5, 0.6) is 11.5 Å². The fraction of sp³-hybridized carbons (Fsp3) is 0.263. The van der Waals surface area contributed by atoms with Gasteiger partial charge in [-0.3, -0.25) is 9.59 Å². The Morgan fingerprint density at radius 3 is 2.19 bits per heavy atom. The van der Waals surface area contributed by atoms with Gasteiger partial charge < -0.3 is 19.5 Å². The maximum absolute atomic E-state index is 12.7. The van der Waals surface area contributed by atoms with Crippen LogP contribution >= 0.6 is 0 Å². The van der Waals surface area contributed by atoms with E-state index in [2.05, 4.69) is 5.32 Å². The Hall–Kier alpha value is -3.09. The number of nitrogens with one attached hydrogen (secondary N) is 1. The molecule has 26 heavy (non-hydrogen) atoms. The molecule has 0 bridgehead atoms. The first-order chi connectivity index (χ1) is 12.6. The summed E-state index contributed by atoms with van der Waals surface area (Å²) in [5.41, 5.74) is 0.417. The van der Waals surface area contributed by atoms with Crippen LogP contribution in [0.4, 0.5) is 4.39 Å². The summed E-state index contributed by atoms with van der Waals surface area (Å²) in [6, 6.07) is 12.1. The van der Waals surface area contributed by atoms with Gasteiger partial charge in [-0.1, -0.05) is 0 Å². The molecule has 0 saturated heterocycles. The number of benzene rings is 2. The summed E-state index contributed by atoms with van der Waals surface area (Å²) in [4.78, 5) is 23.6. The van der Waals surface area contributed by atoms with Gasteiger partial charge in [0.15, 0.2) is 0 Å². The lowest BCUT2D eigenvalue weighted by atomic mass is 10.2. The van der Waals surface area contributed by atoms with Crippen molar-refractivity contribution in [3.8, 4) is 11.5 Å². The van der Waals surface area contributed by atoms with Crippen LogP contribution in [0.2, 0.25) is 0 Å². The van der Waals surface area contributed by atoms with Crippen molar-refractivity contribution in [3.63, 3.8) is 0 Å². The largest absolute Gasteiger partial charge is 0.494 e. The lowest BCUT2D eigenvalue weighted by Gasteiger charge is -2.08. The number of carbonyl (C=O) groups excluding carboxylic acids is 2. The lowest BCUT2D eigenvalue weighted by Crippen LogP contribution is -2.31. The molecule has 1 N–H and O–H groups in total. The van der Waals surface area contributed by atoms with Crippen LogP contribution in [-0.4, -0.2) is 38.2 Å². The fourth-order valence-corrected chi connectivity index (χ4v) is 2.02. The van der Waals surface area contributed by atoms with Crippen LogP contribution in [0.1, 0.15) is 17.3 Å². The molecule has 0 aliphatic carbocycles. The molecule has 138 valence electrons. The van der Waals surface area contributed by atoms with Crippen LogP contribution in [-0.2, 0) is 9.53 Å². The van der Waals surface area contributed by atoms with E-state index in [4.69, 9.17) is 14.2 Å². The zero-order valence-corrected chi connectivity index (χ0v) is 14.4. The number of amides is 1. The minimum Gasteiger partial charge on any atom is -0.494 e. The molecular formula is C19H20FNO5. The van der Waals surface area contributed by atoms with E-state index in [9.17, 15) is 14.0 Å². The van der Waals surface area contributed by atoms with Crippen LogP contribution in [0.15, 0.2) is 48.5 Å². The number of hydrogen-bond acceptors (Lipinski definition) is 5. The molecule has 1 amide bonds. The van der Waals surface area contributed by atoms with Crippen molar-refractivity contribution < 1.29 is 28.2 Å². The van der Waals surface area contributed by atoms with E-state index >= 15 is 0 Å². The predicted molar refractivity (Wildman–Crippen MR) is 92.8 cm³/mol. The third-order valence-electron chi connectivity index (χ3n) is 3.25. The van der Waals surface area contributed by atoms with Crippen molar-refractivity contribution in [3.05, 3.63) is 59.9 Å². The molecule has 0 fully saturated rings. The highest BCUT2D eigenvalue weighted by Gasteiger charge is 2.09. The molecule has 2 rings (SSSR count). The second-order valence-corrected chi connectivity index (χ2v) is 5.16. The summed E-state index contributed by atoms with van der Waals surface area (Å²) in [6.45, 7) is 2.32. The first-order valence-electron chi connectivity index (χ1n) is 8.13. The summed E-state index contributed by atoms with van der Waals surface area (Å²) < 4.78 is 28.3. The maximum Gasteiger partial charge on any atom is 0.325 e. The highest BCUT2D eigenvalue weighted by molar-refractivity contribution is 5.96. The van der Waals surface area contributed by atoms with E-state index in [0.29, 0.717) is 23.7 Å². The molecule has 0 saturated carbocycles. The Balaban J connectivity index is 1.64. The molecule has 0 atom stereocenters. The van der Waals surface area contributed by atoms with E-state index in [-0.39, 0.29) is 31.5 Å². The Morgan fingerprint density at radius 1 is 0.923 bits per heavy atom. The second-order valence-electron chi connectivity index (χ2n) is 5.16. The van der Waals surface area contributed by atoms with Gasteiger partial charge in [0.25, 0.3) is 5.91 Å². The van der Waals surface area contributed by atoms with Crippen molar-refractivity contribution in [2.45, 2.75) is 6.92 Å². The monoisotopic (exact) mass is 361 g/mol. The zero-order valence-electron chi connectivity index (χ0n) is 14.4. The standard InChI is InChI=1S/C19H20FNO5/c1-2-24-16-7-3-14(4-8-16)19(23)21-13-18(22)26-12-11-25-17-9-5-15(20)6-10-17/h3-10H,2,11-13H2,1H3,(H,21,23). The Labute approximate surface area is 150 Å². The number of ether oxygens (including phenoxy) is 3. The van der Waals surface area contributed by atoms with Crippen LogP contribution in [0.3, 0.4) is 0 Å². The SMILES string of the molecule is CCOc1ccc(C(=O)NCC(=O)OCCOc2ccc(F)cc2)cc1. The molecule has 6 nitrogen and oxygen atoms in total. The highest BCUT2D eigenvalue weighted by Crippen LogP contribution is 2.12. The average Bonchev–Trinajstić information content (AvgIpc) is 2.65. The second kappa shape index (κ2) is 10.0. The van der Waals surface area contributed by atoms with Crippen molar-refractivity contribution in [2.24, 2.45) is 0 Å². The van der Waals surface area contributed by atoms with Gasteiger partial charge >= 0.3 is 5.97 Å². The summed E-state index contributed by atoms with van der Waals surface area (Å²) in [5.74, 6) is -0.164. The van der Waals surface area contributed by atoms with Gasteiger partial charge in [0, 0.05) is 5.56 Å². The average molecular weight is 361 g/mol. The summed E-state index contributed by atoms with van der Waals surface area (Å²) in [5, 5.41) is 2.48. The van der Waals surface area contributed by atoms with E-state index in [0.717, 1.165) is 0 Å². The molecule has 0 aliphatic heterocycles. The quantitative estimate of drug-likeness (QED) is 0.549. The molecular weight excluding hydrogens is 341 g/mol. The van der Waals surface area contributed by atoms with Crippen molar-refractivity contribution >= 4 is 11.9 Å². The molecule has 2 aromatic rings. The number of hydrogen-bond donors (Lipinski definition) is 1. The van der Waals surface area contributed by atoms with E-state index in [1.807, 2.05) is 6.92 Å². The molecule has 0 unspecified atom stereocenters. The van der Waals surface area contributed by atoms with Crippen LogP contribution in [0, 0.1) is 5.82 Å². The first-order valence-corrected chi connectivity index (χ1v) is 8.13. The minimum atomic E-state index is -0.577. The number of halogens is 1. The topological polar surface area (TPSA) is 73.9 Å². The summed E-state index contributed by atoms with van der Waals surface area (Å²) in [6.07, 6.45) is 0. The minimum absolute atomic E-state index is 0.0230. The van der Waals surface area contributed by atoms with Crippen molar-refractivity contribution in [2.75, 3.05) is 26.4 Å². The first kappa shape index (κ1) is 19.2. The van der Waals surface area contributed by atoms with Crippen LogP contribution < -0.4 is 14.8 Å². The predicted octanol–water partition coefficient (Wildman–Crippen LogP) is 2.58. The lowest BCUT2D eigenvalue weighted by molar-refractivity contribution is -0.143. The molecule has 0 spiro atoms. The zero-order chi connectivity index (χ0) is 18.8. The Kier molecular flexibility index (Phi) is 7.42. The van der Waals surface area contributed by atoms with Gasteiger partial charge in [-0.25, -0.2) is 4.39 Å². The Morgan fingerprint density at radius 2 is 1.54 bits per heavy atom. The van der Waals surface area contributed by atoms with Gasteiger partial charge in [0.1, 0.15) is 37.1 Å². The molecule has 0 aromatic heterocycles. The van der Waals surface area contributed by atoms with Crippen molar-refractivity contribution in [1.82, 2.24) is 5.32 Å². The maximum atomic E-state index is 12.7.